The third-order valence-electron chi connectivity index (χ3n) is 1.96. The summed E-state index contributed by atoms with van der Waals surface area (Å²) < 4.78 is 5.48. The maximum Gasteiger partial charge on any atom is 0.0478 e. The summed E-state index contributed by atoms with van der Waals surface area (Å²) in [6.07, 6.45) is 6.16. The SMILES string of the molecule is CCCCCOCCCNCCC. The summed E-state index contributed by atoms with van der Waals surface area (Å²) in [6, 6.07) is 0. The van der Waals surface area contributed by atoms with E-state index in [1.165, 1.54) is 25.7 Å². The average Bonchev–Trinajstić information content (AvgIpc) is 2.16. The van der Waals surface area contributed by atoms with Crippen LogP contribution in [-0.2, 0) is 4.74 Å². The van der Waals surface area contributed by atoms with Crippen molar-refractivity contribution in [1.29, 1.82) is 0 Å². The molecule has 0 rings (SSSR count). The van der Waals surface area contributed by atoms with E-state index in [1.54, 1.807) is 0 Å². The molecular formula is C11H25NO. The first kappa shape index (κ1) is 12.9. The zero-order chi connectivity index (χ0) is 9.78. The number of hydrogen-bond acceptors (Lipinski definition) is 2. The third-order valence-corrected chi connectivity index (χ3v) is 1.96. The molecule has 0 radical (unpaired) electrons. The number of hydrogen-bond donors (Lipinski definition) is 1. The van der Waals surface area contributed by atoms with Crippen LogP contribution < -0.4 is 5.32 Å². The lowest BCUT2D eigenvalue weighted by Gasteiger charge is -2.04. The van der Waals surface area contributed by atoms with Gasteiger partial charge in [0.25, 0.3) is 0 Å². The molecule has 0 spiro atoms. The highest BCUT2D eigenvalue weighted by atomic mass is 16.5. The molecular weight excluding hydrogens is 162 g/mol. The van der Waals surface area contributed by atoms with E-state index in [-0.39, 0.29) is 0 Å². The molecule has 0 aromatic rings. The fourth-order valence-electron chi connectivity index (χ4n) is 1.16. The molecule has 0 atom stereocenters. The monoisotopic (exact) mass is 187 g/mol. The molecule has 1 N–H and O–H groups in total. The molecule has 0 aliphatic carbocycles. The van der Waals surface area contributed by atoms with Crippen LogP contribution in [0.5, 0.6) is 0 Å². The van der Waals surface area contributed by atoms with Crippen LogP contribution in [0.25, 0.3) is 0 Å². The van der Waals surface area contributed by atoms with E-state index in [2.05, 4.69) is 19.2 Å². The molecule has 0 heterocycles. The average molecular weight is 187 g/mol. The summed E-state index contributed by atoms with van der Waals surface area (Å²) in [5, 5.41) is 3.36. The minimum absolute atomic E-state index is 0.917. The van der Waals surface area contributed by atoms with Gasteiger partial charge in [-0.15, -0.1) is 0 Å². The zero-order valence-corrected chi connectivity index (χ0v) is 9.27. The van der Waals surface area contributed by atoms with E-state index < -0.39 is 0 Å². The van der Waals surface area contributed by atoms with Gasteiger partial charge in [0, 0.05) is 13.2 Å². The Balaban J connectivity index is 2.76. The van der Waals surface area contributed by atoms with Crippen LogP contribution in [-0.4, -0.2) is 26.3 Å². The molecule has 0 aromatic carbocycles. The van der Waals surface area contributed by atoms with Crippen molar-refractivity contribution in [3.05, 3.63) is 0 Å². The molecule has 0 amide bonds. The van der Waals surface area contributed by atoms with Crippen LogP contribution in [0.2, 0.25) is 0 Å². The summed E-state index contributed by atoms with van der Waals surface area (Å²) in [4.78, 5) is 0. The largest absolute Gasteiger partial charge is 0.381 e. The molecule has 0 aromatic heterocycles. The molecule has 0 bridgehead atoms. The van der Waals surface area contributed by atoms with Gasteiger partial charge in [0.2, 0.25) is 0 Å². The van der Waals surface area contributed by atoms with Gasteiger partial charge in [0.15, 0.2) is 0 Å². The highest BCUT2D eigenvalue weighted by Crippen LogP contribution is 1.94. The van der Waals surface area contributed by atoms with Gasteiger partial charge in [-0.2, -0.15) is 0 Å². The van der Waals surface area contributed by atoms with Crippen LogP contribution >= 0.6 is 0 Å². The van der Waals surface area contributed by atoms with E-state index in [0.29, 0.717) is 0 Å². The first-order valence-corrected chi connectivity index (χ1v) is 5.70. The Bertz CT molecular complexity index is 76.2. The topological polar surface area (TPSA) is 21.3 Å². The molecule has 13 heavy (non-hydrogen) atoms. The number of ether oxygens (including phenoxy) is 1. The highest BCUT2D eigenvalue weighted by Gasteiger charge is 1.89. The Hall–Kier alpha value is -0.0800. The first-order chi connectivity index (χ1) is 6.41. The number of nitrogens with one attached hydrogen (secondary N) is 1. The summed E-state index contributed by atoms with van der Waals surface area (Å²) >= 11 is 0. The van der Waals surface area contributed by atoms with Crippen LogP contribution in [0.1, 0.15) is 46.0 Å². The first-order valence-electron chi connectivity index (χ1n) is 5.70. The van der Waals surface area contributed by atoms with Gasteiger partial charge in [-0.25, -0.2) is 0 Å². The Morgan fingerprint density at radius 2 is 1.62 bits per heavy atom. The van der Waals surface area contributed by atoms with Crippen LogP contribution in [0.4, 0.5) is 0 Å². The van der Waals surface area contributed by atoms with E-state index in [9.17, 15) is 0 Å². The van der Waals surface area contributed by atoms with Crippen LogP contribution in [0.3, 0.4) is 0 Å². The summed E-state index contributed by atoms with van der Waals surface area (Å²) in [5.41, 5.74) is 0. The zero-order valence-electron chi connectivity index (χ0n) is 9.27. The van der Waals surface area contributed by atoms with Gasteiger partial charge in [-0.3, -0.25) is 0 Å². The summed E-state index contributed by atoms with van der Waals surface area (Å²) in [6.45, 7) is 8.50. The Labute approximate surface area is 83.1 Å². The maximum absolute atomic E-state index is 5.48. The fourth-order valence-corrected chi connectivity index (χ4v) is 1.16. The van der Waals surface area contributed by atoms with E-state index in [0.717, 1.165) is 32.7 Å². The van der Waals surface area contributed by atoms with Crippen LogP contribution in [0.15, 0.2) is 0 Å². The third kappa shape index (κ3) is 11.9. The fraction of sp³-hybridized carbons (Fsp3) is 1.00. The lowest BCUT2D eigenvalue weighted by molar-refractivity contribution is 0.128. The summed E-state index contributed by atoms with van der Waals surface area (Å²) in [5.74, 6) is 0. The lowest BCUT2D eigenvalue weighted by Crippen LogP contribution is -2.17. The van der Waals surface area contributed by atoms with Crippen molar-refractivity contribution in [1.82, 2.24) is 5.32 Å². The normalized spacial score (nSPS) is 10.6. The molecule has 2 nitrogen and oxygen atoms in total. The van der Waals surface area contributed by atoms with Crippen molar-refractivity contribution in [3.8, 4) is 0 Å². The molecule has 0 saturated heterocycles. The van der Waals surface area contributed by atoms with Crippen molar-refractivity contribution < 1.29 is 4.74 Å². The molecule has 0 saturated carbocycles. The molecule has 0 fully saturated rings. The standard InChI is InChI=1S/C11H25NO/c1-3-5-6-10-13-11-7-9-12-8-4-2/h12H,3-11H2,1-2H3. The Kier molecular flexibility index (Phi) is 11.8. The van der Waals surface area contributed by atoms with Gasteiger partial charge in [-0.05, 0) is 32.4 Å². The van der Waals surface area contributed by atoms with Gasteiger partial charge in [0.1, 0.15) is 0 Å². The van der Waals surface area contributed by atoms with Crippen molar-refractivity contribution in [3.63, 3.8) is 0 Å². The number of unbranched alkanes of at least 4 members (excludes halogenated alkanes) is 2. The molecule has 2 heteroatoms. The van der Waals surface area contributed by atoms with Gasteiger partial charge >= 0.3 is 0 Å². The van der Waals surface area contributed by atoms with Gasteiger partial charge in [0.05, 0.1) is 0 Å². The van der Waals surface area contributed by atoms with E-state index in [4.69, 9.17) is 4.74 Å². The second kappa shape index (κ2) is 11.9. The van der Waals surface area contributed by atoms with Gasteiger partial charge in [-0.1, -0.05) is 26.7 Å². The highest BCUT2D eigenvalue weighted by molar-refractivity contribution is 4.45. The van der Waals surface area contributed by atoms with Crippen molar-refractivity contribution in [2.75, 3.05) is 26.3 Å². The quantitative estimate of drug-likeness (QED) is 0.531. The predicted molar refractivity (Wildman–Crippen MR) is 58.1 cm³/mol. The van der Waals surface area contributed by atoms with Crippen molar-refractivity contribution in [2.45, 2.75) is 46.0 Å². The second-order valence-electron chi connectivity index (χ2n) is 3.42. The molecule has 0 unspecified atom stereocenters. The Morgan fingerprint density at radius 1 is 0.846 bits per heavy atom. The minimum atomic E-state index is 0.917. The summed E-state index contributed by atoms with van der Waals surface area (Å²) in [7, 11) is 0. The van der Waals surface area contributed by atoms with E-state index in [1.807, 2.05) is 0 Å². The smallest absolute Gasteiger partial charge is 0.0478 e. The predicted octanol–water partition coefficient (Wildman–Crippen LogP) is 2.58. The van der Waals surface area contributed by atoms with Crippen molar-refractivity contribution in [2.24, 2.45) is 0 Å². The Morgan fingerprint density at radius 3 is 2.31 bits per heavy atom. The molecule has 0 aliphatic heterocycles. The minimum Gasteiger partial charge on any atom is -0.381 e. The molecule has 0 aliphatic rings. The van der Waals surface area contributed by atoms with E-state index >= 15 is 0 Å². The lowest BCUT2D eigenvalue weighted by atomic mass is 10.3. The molecule has 80 valence electrons. The van der Waals surface area contributed by atoms with Gasteiger partial charge < -0.3 is 10.1 Å². The maximum atomic E-state index is 5.48. The number of rotatable bonds is 10. The van der Waals surface area contributed by atoms with Crippen LogP contribution in [0, 0.1) is 0 Å². The second-order valence-corrected chi connectivity index (χ2v) is 3.42. The van der Waals surface area contributed by atoms with Crippen molar-refractivity contribution >= 4 is 0 Å².